The van der Waals surface area contributed by atoms with E-state index in [0.717, 1.165) is 47.3 Å². The van der Waals surface area contributed by atoms with Crippen molar-refractivity contribution in [3.8, 4) is 11.1 Å². The summed E-state index contributed by atoms with van der Waals surface area (Å²) in [6.07, 6.45) is 7.15. The van der Waals surface area contributed by atoms with Gasteiger partial charge in [-0.05, 0) is 93.8 Å². The first-order valence-electron chi connectivity index (χ1n) is 16.9. The molecule has 1 unspecified atom stereocenters. The van der Waals surface area contributed by atoms with E-state index >= 15 is 0 Å². The summed E-state index contributed by atoms with van der Waals surface area (Å²) < 4.78 is 5.39. The van der Waals surface area contributed by atoms with E-state index in [0.29, 0.717) is 35.9 Å². The van der Waals surface area contributed by atoms with Crippen molar-refractivity contribution in [1.29, 1.82) is 0 Å². The molecule has 49 heavy (non-hydrogen) atoms. The molecule has 3 aromatic heterocycles. The minimum Gasteiger partial charge on any atom is -0.444 e. The van der Waals surface area contributed by atoms with Crippen molar-refractivity contribution in [3.05, 3.63) is 124 Å². The fourth-order valence-corrected chi connectivity index (χ4v) is 6.85. The molecule has 2 aliphatic carbocycles. The van der Waals surface area contributed by atoms with Gasteiger partial charge in [-0.25, -0.2) is 9.89 Å². The van der Waals surface area contributed by atoms with E-state index in [1.807, 2.05) is 53.6 Å². The number of benzene rings is 2. The summed E-state index contributed by atoms with van der Waals surface area (Å²) in [6, 6.07) is 23.6. The average molecular weight is 657 g/mol. The van der Waals surface area contributed by atoms with Crippen LogP contribution in [0.1, 0.15) is 80.7 Å². The molecule has 3 heterocycles. The second kappa shape index (κ2) is 12.9. The number of pyridine rings is 2. The van der Waals surface area contributed by atoms with E-state index in [-0.39, 0.29) is 24.1 Å². The van der Waals surface area contributed by atoms with E-state index in [1.165, 1.54) is 5.56 Å². The van der Waals surface area contributed by atoms with Crippen molar-refractivity contribution in [2.45, 2.75) is 83.0 Å². The number of rotatable bonds is 8. The Kier molecular flexibility index (Phi) is 8.48. The summed E-state index contributed by atoms with van der Waals surface area (Å²) in [5, 5.41) is 10.6. The minimum absolute atomic E-state index is 0.0236. The third-order valence-electron chi connectivity index (χ3n) is 9.45. The van der Waals surface area contributed by atoms with Crippen LogP contribution in [0.4, 0.5) is 4.79 Å². The van der Waals surface area contributed by atoms with Crippen LogP contribution in [0, 0.1) is 0 Å². The van der Waals surface area contributed by atoms with Gasteiger partial charge < -0.3 is 15.0 Å². The van der Waals surface area contributed by atoms with Crippen molar-refractivity contribution < 1.29 is 14.3 Å². The number of aromatic nitrogens is 4. The number of carbonyl (C=O) groups excluding carboxylic acids is 2. The van der Waals surface area contributed by atoms with Crippen LogP contribution in [0.2, 0.25) is 0 Å². The predicted octanol–water partition coefficient (Wildman–Crippen LogP) is 6.54. The highest BCUT2D eigenvalue weighted by atomic mass is 16.6. The second-order valence-electron chi connectivity index (χ2n) is 14.0. The summed E-state index contributed by atoms with van der Waals surface area (Å²) in [7, 11) is 0. The number of aryl methyl sites for hydroxylation is 1. The lowest BCUT2D eigenvalue weighted by molar-refractivity contribution is -0.137. The molecule has 0 bridgehead atoms. The van der Waals surface area contributed by atoms with Crippen molar-refractivity contribution in [2.24, 2.45) is 0 Å². The topological polar surface area (TPSA) is 130 Å². The van der Waals surface area contributed by atoms with Crippen molar-refractivity contribution in [1.82, 2.24) is 30.4 Å². The molecular formula is C39H40N6O4. The fourth-order valence-electron chi connectivity index (χ4n) is 6.85. The molecule has 2 N–H and O–H groups in total. The molecule has 2 aliphatic rings. The number of hydrogen-bond acceptors (Lipinski definition) is 7. The lowest BCUT2D eigenvalue weighted by Crippen LogP contribution is -2.43. The van der Waals surface area contributed by atoms with Crippen LogP contribution in [-0.2, 0) is 34.5 Å². The summed E-state index contributed by atoms with van der Waals surface area (Å²) in [5.41, 5.74) is 4.58. The van der Waals surface area contributed by atoms with Gasteiger partial charge in [-0.15, -0.1) is 0 Å². The average Bonchev–Trinajstić information content (AvgIpc) is 3.92. The molecule has 2 amide bonds. The fraction of sp³-hybridized carbons (Fsp3) is 0.333. The standard InChI is InChI=1S/C39H40N6O4/c1-38(2,3)49-37(48)42-23-32-31-21-28(15-17-30(31)35(46)44-43-32)39(18-19-39)36(47)45(33-13-7-11-26-12-8-20-40-34(26)33)24-29-16-14-27(22-41-29)25-9-5-4-6-10-25/h4-6,8-10,12,14-17,20-22,33H,7,11,13,18-19,23-24H2,1-3H3,(H,42,48)(H,44,46). The SMILES string of the molecule is CC(C)(C)OC(=O)NCc1n[nH]c(=O)c2ccc(C3(C(=O)N(Cc4ccc(-c5ccccc5)cn4)C4CCCc5cccnc54)CC3)cc12. The first-order valence-corrected chi connectivity index (χ1v) is 16.9. The van der Waals surface area contributed by atoms with Gasteiger partial charge in [0.1, 0.15) is 5.60 Å². The maximum absolute atomic E-state index is 15.0. The number of amides is 2. The second-order valence-corrected chi connectivity index (χ2v) is 14.0. The zero-order valence-corrected chi connectivity index (χ0v) is 28.0. The zero-order chi connectivity index (χ0) is 34.2. The van der Waals surface area contributed by atoms with Crippen LogP contribution in [0.3, 0.4) is 0 Å². The lowest BCUT2D eigenvalue weighted by Gasteiger charge is -2.37. The number of H-pyrrole nitrogens is 1. The van der Waals surface area contributed by atoms with Gasteiger partial charge >= 0.3 is 6.09 Å². The monoisotopic (exact) mass is 656 g/mol. The summed E-state index contributed by atoms with van der Waals surface area (Å²) >= 11 is 0. The number of carbonyl (C=O) groups is 2. The molecule has 2 aromatic carbocycles. The van der Waals surface area contributed by atoms with E-state index in [1.54, 1.807) is 33.0 Å². The van der Waals surface area contributed by atoms with Crippen LogP contribution >= 0.6 is 0 Å². The Morgan fingerprint density at radius 3 is 2.53 bits per heavy atom. The van der Waals surface area contributed by atoms with Crippen LogP contribution < -0.4 is 10.9 Å². The van der Waals surface area contributed by atoms with E-state index < -0.39 is 17.1 Å². The maximum atomic E-state index is 15.0. The minimum atomic E-state index is -0.761. The number of nitrogens with one attached hydrogen (secondary N) is 2. The molecule has 0 saturated heterocycles. The highest BCUT2D eigenvalue weighted by Crippen LogP contribution is 2.52. The van der Waals surface area contributed by atoms with Gasteiger partial charge in [0.05, 0.1) is 47.0 Å². The molecule has 1 atom stereocenters. The smallest absolute Gasteiger partial charge is 0.407 e. The first-order chi connectivity index (χ1) is 23.6. The van der Waals surface area contributed by atoms with Crippen LogP contribution in [0.5, 0.6) is 0 Å². The van der Waals surface area contributed by atoms with Crippen LogP contribution in [-0.4, -0.2) is 42.7 Å². The summed E-state index contributed by atoms with van der Waals surface area (Å²) in [5.74, 6) is 0.0236. The van der Waals surface area contributed by atoms with Gasteiger partial charge in [0.25, 0.3) is 5.56 Å². The number of ether oxygens (including phenoxy) is 1. The largest absolute Gasteiger partial charge is 0.444 e. The highest BCUT2D eigenvalue weighted by molar-refractivity contribution is 5.94. The molecule has 0 aliphatic heterocycles. The van der Waals surface area contributed by atoms with Crippen LogP contribution in [0.15, 0.2) is 90.0 Å². The van der Waals surface area contributed by atoms with E-state index in [4.69, 9.17) is 14.7 Å². The third kappa shape index (κ3) is 6.68. The Morgan fingerprint density at radius 1 is 0.980 bits per heavy atom. The van der Waals surface area contributed by atoms with Gasteiger partial charge in [-0.2, -0.15) is 5.10 Å². The molecule has 0 spiro atoms. The van der Waals surface area contributed by atoms with Crippen LogP contribution in [0.25, 0.3) is 21.9 Å². The van der Waals surface area contributed by atoms with Gasteiger partial charge in [0.15, 0.2) is 0 Å². The Hall–Kier alpha value is -5.38. The zero-order valence-electron chi connectivity index (χ0n) is 28.0. The maximum Gasteiger partial charge on any atom is 0.407 e. The predicted molar refractivity (Wildman–Crippen MR) is 186 cm³/mol. The number of nitrogens with zero attached hydrogens (tertiary/aromatic N) is 4. The third-order valence-corrected chi connectivity index (χ3v) is 9.45. The van der Waals surface area contributed by atoms with Crippen molar-refractivity contribution in [2.75, 3.05) is 0 Å². The molecule has 10 heteroatoms. The Bertz CT molecular complexity index is 2070. The quantitative estimate of drug-likeness (QED) is 0.194. The van der Waals surface area contributed by atoms with E-state index in [9.17, 15) is 14.4 Å². The van der Waals surface area contributed by atoms with E-state index in [2.05, 4.69) is 39.8 Å². The number of fused-ring (bicyclic) bond motifs is 2. The molecule has 1 saturated carbocycles. The summed E-state index contributed by atoms with van der Waals surface area (Å²) in [4.78, 5) is 51.8. The molecular weight excluding hydrogens is 616 g/mol. The van der Waals surface area contributed by atoms with Gasteiger partial charge in [-0.1, -0.05) is 48.5 Å². The normalized spacial score (nSPS) is 16.4. The number of alkyl carbamates (subject to hydrolysis) is 1. The molecule has 5 aromatic rings. The number of aromatic amines is 1. The first kappa shape index (κ1) is 32.2. The Morgan fingerprint density at radius 2 is 1.80 bits per heavy atom. The van der Waals surface area contributed by atoms with Gasteiger partial charge in [0.2, 0.25) is 5.91 Å². The number of hydrogen-bond donors (Lipinski definition) is 2. The Balaban J connectivity index is 1.23. The van der Waals surface area contributed by atoms with Crippen molar-refractivity contribution in [3.63, 3.8) is 0 Å². The van der Waals surface area contributed by atoms with Gasteiger partial charge in [0, 0.05) is 23.3 Å². The summed E-state index contributed by atoms with van der Waals surface area (Å²) in [6.45, 7) is 5.77. The van der Waals surface area contributed by atoms with Gasteiger partial charge in [-0.3, -0.25) is 19.6 Å². The lowest BCUT2D eigenvalue weighted by atomic mass is 9.87. The molecule has 250 valence electrons. The van der Waals surface area contributed by atoms with Crippen molar-refractivity contribution >= 4 is 22.8 Å². The highest BCUT2D eigenvalue weighted by Gasteiger charge is 2.54. The molecule has 1 fully saturated rings. The Labute approximate surface area is 285 Å². The molecule has 0 radical (unpaired) electrons. The molecule has 7 rings (SSSR count). The molecule has 10 nitrogen and oxygen atoms in total.